The first-order valence-electron chi connectivity index (χ1n) is 13.2. The largest absolute Gasteiger partial charge is 0.488 e. The number of rotatable bonds is 9. The number of nitrogens with one attached hydrogen (secondary N) is 1. The number of ether oxygens (including phenoxy) is 1. The van der Waals surface area contributed by atoms with Gasteiger partial charge in [0.15, 0.2) is 0 Å². The Labute approximate surface area is 239 Å². The van der Waals surface area contributed by atoms with Crippen LogP contribution in [0, 0.1) is 12.8 Å². The minimum Gasteiger partial charge on any atom is -0.488 e. The van der Waals surface area contributed by atoms with Gasteiger partial charge in [0.2, 0.25) is 21.8 Å². The van der Waals surface area contributed by atoms with Crippen molar-refractivity contribution in [3.63, 3.8) is 0 Å². The lowest BCUT2D eigenvalue weighted by atomic mass is 10.0. The van der Waals surface area contributed by atoms with Crippen LogP contribution in [0.15, 0.2) is 53.7 Å². The van der Waals surface area contributed by atoms with Crippen molar-refractivity contribution in [3.05, 3.63) is 59.9 Å². The summed E-state index contributed by atoms with van der Waals surface area (Å²) in [5.74, 6) is -0.460. The predicted molar refractivity (Wildman–Crippen MR) is 149 cm³/mol. The molecule has 0 saturated heterocycles. The van der Waals surface area contributed by atoms with Crippen molar-refractivity contribution in [3.8, 4) is 5.75 Å². The Hall–Kier alpha value is -3.88. The SMILES string of the molecule is Cc1ccc(S(=O)(=O)N(C)C[C@@H]2Oc3ccc(NC(=O)Cn4cnnn4)cc3CC(=O)N([C@@H](C)CO)C[C@@H]2C)cc1. The first-order chi connectivity index (χ1) is 19.5. The van der Waals surface area contributed by atoms with Crippen LogP contribution in [0.3, 0.4) is 0 Å². The van der Waals surface area contributed by atoms with Crippen LogP contribution in [-0.2, 0) is 32.6 Å². The summed E-state index contributed by atoms with van der Waals surface area (Å²) in [6.07, 6.45) is 0.663. The van der Waals surface area contributed by atoms with Crippen LogP contribution >= 0.6 is 0 Å². The fourth-order valence-corrected chi connectivity index (χ4v) is 5.75. The van der Waals surface area contributed by atoms with Gasteiger partial charge < -0.3 is 20.1 Å². The summed E-state index contributed by atoms with van der Waals surface area (Å²) in [6, 6.07) is 11.2. The maximum atomic E-state index is 13.4. The number of likely N-dealkylation sites (N-methyl/N-ethyl adjacent to an activating group) is 1. The van der Waals surface area contributed by atoms with Crippen molar-refractivity contribution in [2.75, 3.05) is 32.1 Å². The van der Waals surface area contributed by atoms with E-state index >= 15 is 0 Å². The van der Waals surface area contributed by atoms with Crippen LogP contribution in [-0.4, -0.2) is 93.6 Å². The normalized spacial score (nSPS) is 18.6. The van der Waals surface area contributed by atoms with Crippen molar-refractivity contribution in [2.45, 2.75) is 50.8 Å². The number of tetrazole rings is 1. The summed E-state index contributed by atoms with van der Waals surface area (Å²) in [5, 5.41) is 23.3. The second kappa shape index (κ2) is 12.7. The molecule has 1 aromatic heterocycles. The van der Waals surface area contributed by atoms with E-state index in [0.29, 0.717) is 17.0 Å². The van der Waals surface area contributed by atoms with E-state index in [-0.39, 0.29) is 55.3 Å². The average molecular weight is 586 g/mol. The van der Waals surface area contributed by atoms with Crippen LogP contribution in [0.1, 0.15) is 25.0 Å². The van der Waals surface area contributed by atoms with Crippen LogP contribution in [0.4, 0.5) is 5.69 Å². The van der Waals surface area contributed by atoms with Crippen LogP contribution < -0.4 is 10.1 Å². The van der Waals surface area contributed by atoms with Gasteiger partial charge in [-0.1, -0.05) is 24.6 Å². The third kappa shape index (κ3) is 7.26. The van der Waals surface area contributed by atoms with Crippen LogP contribution in [0.25, 0.3) is 0 Å². The number of hydrogen-bond acceptors (Lipinski definition) is 9. The number of benzene rings is 2. The standard InChI is InChI=1S/C27H35N7O6S/c1-18-5-8-23(9-6-18)41(38,39)32(4)14-25-19(2)13-34(20(3)16-35)27(37)12-21-11-22(7-10-24(21)40-25)29-26(36)15-33-17-28-30-31-33/h5-11,17,19-20,25,35H,12-16H2,1-4H3,(H,29,36)/t19-,20-,25-/m0/s1. The van der Waals surface area contributed by atoms with E-state index in [0.717, 1.165) is 5.56 Å². The van der Waals surface area contributed by atoms with E-state index in [4.69, 9.17) is 4.74 Å². The number of aliphatic hydroxyl groups is 1. The molecule has 0 spiro atoms. The number of nitrogens with zero attached hydrogens (tertiary/aromatic N) is 6. The first kappa shape index (κ1) is 30.1. The predicted octanol–water partition coefficient (Wildman–Crippen LogP) is 1.09. The molecule has 41 heavy (non-hydrogen) atoms. The van der Waals surface area contributed by atoms with Crippen molar-refractivity contribution in [2.24, 2.45) is 5.92 Å². The molecule has 3 atom stereocenters. The molecule has 2 N–H and O–H groups in total. The van der Waals surface area contributed by atoms with Crippen molar-refractivity contribution in [1.29, 1.82) is 0 Å². The molecule has 0 saturated carbocycles. The molecule has 0 unspecified atom stereocenters. The zero-order valence-corrected chi connectivity index (χ0v) is 24.3. The smallest absolute Gasteiger partial charge is 0.246 e. The molecule has 0 radical (unpaired) electrons. The molecule has 0 aliphatic carbocycles. The Morgan fingerprint density at radius 1 is 1.24 bits per heavy atom. The molecule has 13 nitrogen and oxygen atoms in total. The minimum atomic E-state index is -3.80. The molecule has 14 heteroatoms. The highest BCUT2D eigenvalue weighted by molar-refractivity contribution is 7.89. The van der Waals surface area contributed by atoms with E-state index in [2.05, 4.69) is 20.8 Å². The molecule has 2 heterocycles. The minimum absolute atomic E-state index is 0.0246. The number of anilines is 1. The van der Waals surface area contributed by atoms with Gasteiger partial charge >= 0.3 is 0 Å². The summed E-state index contributed by atoms with van der Waals surface area (Å²) in [5.41, 5.74) is 1.92. The van der Waals surface area contributed by atoms with Gasteiger partial charge in [-0.3, -0.25) is 9.59 Å². The molecular weight excluding hydrogens is 550 g/mol. The summed E-state index contributed by atoms with van der Waals surface area (Å²) in [4.78, 5) is 27.7. The van der Waals surface area contributed by atoms with Crippen LogP contribution in [0.2, 0.25) is 0 Å². The molecular formula is C27H35N7O6S. The molecule has 4 rings (SSSR count). The summed E-state index contributed by atoms with van der Waals surface area (Å²) < 4.78 is 35.6. The lowest BCUT2D eigenvalue weighted by Gasteiger charge is -2.33. The van der Waals surface area contributed by atoms with Gasteiger partial charge in [0.05, 0.1) is 30.5 Å². The highest BCUT2D eigenvalue weighted by Gasteiger charge is 2.33. The molecule has 1 aliphatic heterocycles. The lowest BCUT2D eigenvalue weighted by Crippen LogP contribution is -2.48. The number of aromatic nitrogens is 4. The van der Waals surface area contributed by atoms with Crippen molar-refractivity contribution >= 4 is 27.5 Å². The van der Waals surface area contributed by atoms with Gasteiger partial charge in [-0.05, 0) is 54.6 Å². The van der Waals surface area contributed by atoms with Gasteiger partial charge in [-0.15, -0.1) is 5.10 Å². The number of fused-ring (bicyclic) bond motifs is 1. The molecule has 2 amide bonds. The second-order valence-electron chi connectivity index (χ2n) is 10.4. The topological polar surface area (TPSA) is 160 Å². The number of sulfonamides is 1. The quantitative estimate of drug-likeness (QED) is 0.375. The fourth-order valence-electron chi connectivity index (χ4n) is 4.57. The lowest BCUT2D eigenvalue weighted by molar-refractivity contribution is -0.134. The monoisotopic (exact) mass is 585 g/mol. The Kier molecular flexibility index (Phi) is 9.35. The first-order valence-corrected chi connectivity index (χ1v) is 14.7. The zero-order chi connectivity index (χ0) is 29.7. The maximum Gasteiger partial charge on any atom is 0.246 e. The average Bonchev–Trinajstić information content (AvgIpc) is 3.45. The third-order valence-corrected chi connectivity index (χ3v) is 8.90. The number of amides is 2. The highest BCUT2D eigenvalue weighted by Crippen LogP contribution is 2.30. The van der Waals surface area contributed by atoms with E-state index in [9.17, 15) is 23.1 Å². The van der Waals surface area contributed by atoms with Gasteiger partial charge in [0, 0.05) is 30.8 Å². The number of aliphatic hydroxyl groups excluding tert-OH is 1. The zero-order valence-electron chi connectivity index (χ0n) is 23.5. The maximum absolute atomic E-state index is 13.4. The van der Waals surface area contributed by atoms with Gasteiger partial charge in [-0.25, -0.2) is 13.1 Å². The van der Waals surface area contributed by atoms with Gasteiger partial charge in [0.25, 0.3) is 0 Å². The Morgan fingerprint density at radius 3 is 2.63 bits per heavy atom. The van der Waals surface area contributed by atoms with E-state index in [1.165, 1.54) is 22.4 Å². The Morgan fingerprint density at radius 2 is 1.98 bits per heavy atom. The molecule has 1 aliphatic rings. The Balaban J connectivity index is 1.62. The molecule has 220 valence electrons. The fraction of sp³-hybridized carbons (Fsp3) is 0.444. The highest BCUT2D eigenvalue weighted by atomic mass is 32.2. The van der Waals surface area contributed by atoms with Gasteiger partial charge in [-0.2, -0.15) is 4.31 Å². The number of carbonyl (C=O) groups excluding carboxylic acids is 2. The molecule has 0 fully saturated rings. The van der Waals surface area contributed by atoms with E-state index in [1.54, 1.807) is 54.3 Å². The molecule has 0 bridgehead atoms. The Bertz CT molecular complexity index is 1460. The summed E-state index contributed by atoms with van der Waals surface area (Å²) >= 11 is 0. The van der Waals surface area contributed by atoms with Crippen molar-refractivity contribution in [1.82, 2.24) is 29.4 Å². The number of carbonyl (C=O) groups is 2. The molecule has 2 aromatic carbocycles. The third-order valence-electron chi connectivity index (χ3n) is 7.06. The summed E-state index contributed by atoms with van der Waals surface area (Å²) in [6.45, 7) is 5.48. The summed E-state index contributed by atoms with van der Waals surface area (Å²) in [7, 11) is -2.30. The van der Waals surface area contributed by atoms with E-state index in [1.807, 2.05) is 13.8 Å². The number of hydrogen-bond donors (Lipinski definition) is 2. The number of aryl methyl sites for hydroxylation is 1. The van der Waals surface area contributed by atoms with Crippen LogP contribution in [0.5, 0.6) is 5.75 Å². The second-order valence-corrected chi connectivity index (χ2v) is 12.4. The molecule has 3 aromatic rings. The van der Waals surface area contributed by atoms with Crippen molar-refractivity contribution < 1.29 is 27.9 Å². The van der Waals surface area contributed by atoms with Gasteiger partial charge in [0.1, 0.15) is 24.7 Å². The van der Waals surface area contributed by atoms with E-state index < -0.39 is 22.2 Å².